The van der Waals surface area contributed by atoms with Crippen LogP contribution in [0, 0.1) is 25.2 Å². The predicted molar refractivity (Wildman–Crippen MR) is 135 cm³/mol. The second-order valence-electron chi connectivity index (χ2n) is 7.44. The van der Waals surface area contributed by atoms with Gasteiger partial charge in [0.25, 0.3) is 5.56 Å². The molecule has 6 nitrogen and oxygen atoms in total. The van der Waals surface area contributed by atoms with Crippen molar-refractivity contribution in [3.05, 3.63) is 74.3 Å². The number of ketones is 1. The van der Waals surface area contributed by atoms with Crippen LogP contribution in [0.1, 0.15) is 22.2 Å². The minimum absolute atomic E-state index is 0.0160. The van der Waals surface area contributed by atoms with Gasteiger partial charge in [0.2, 0.25) is 0 Å². The summed E-state index contributed by atoms with van der Waals surface area (Å²) in [6, 6.07) is 10.1. The summed E-state index contributed by atoms with van der Waals surface area (Å²) in [5.74, 6) is -1.17. The average molecular weight is 493 g/mol. The number of carbonyl (C=O) groups is 1. The number of carbonyl (C=O) groups excluding carboxylic acids is 1. The van der Waals surface area contributed by atoms with E-state index in [1.165, 1.54) is 27.2 Å². The highest BCUT2D eigenvalue weighted by atomic mass is 32.2. The number of Topliss-reactive ketones (excluding diaryl/α,β-unsaturated/α-hetero) is 1. The number of aryl methyl sites for hydroxylation is 2. The minimum Gasteiger partial charge on any atom is -0.297 e. The van der Waals surface area contributed by atoms with Gasteiger partial charge in [-0.25, -0.2) is 9.97 Å². The van der Waals surface area contributed by atoms with Crippen molar-refractivity contribution in [2.24, 2.45) is 0 Å². The van der Waals surface area contributed by atoms with Gasteiger partial charge >= 0.3 is 0 Å². The Kier molecular flexibility index (Phi) is 6.88. The normalized spacial score (nSPS) is 11.9. The van der Waals surface area contributed by atoms with Crippen molar-refractivity contribution >= 4 is 50.4 Å². The summed E-state index contributed by atoms with van der Waals surface area (Å²) < 4.78 is 1.53. The van der Waals surface area contributed by atoms with Gasteiger partial charge in [0.15, 0.2) is 16.9 Å². The third kappa shape index (κ3) is 4.69. The molecule has 0 aliphatic carbocycles. The van der Waals surface area contributed by atoms with Crippen LogP contribution < -0.4 is 5.56 Å². The first-order valence-electron chi connectivity index (χ1n) is 10.1. The molecule has 0 aliphatic heterocycles. The van der Waals surface area contributed by atoms with Crippen molar-refractivity contribution < 1.29 is 4.79 Å². The number of allylic oxidation sites excluding steroid dienone is 1. The van der Waals surface area contributed by atoms with E-state index in [1.807, 2.05) is 48.9 Å². The van der Waals surface area contributed by atoms with Crippen molar-refractivity contribution in [1.29, 1.82) is 5.26 Å². The zero-order valence-corrected chi connectivity index (χ0v) is 20.5. The van der Waals surface area contributed by atoms with Gasteiger partial charge in [0, 0.05) is 28.6 Å². The first kappa shape index (κ1) is 23.1. The Balaban J connectivity index is 1.68. The Hall–Kier alpha value is -3.06. The minimum atomic E-state index is -0.922. The molecule has 1 atom stereocenters. The summed E-state index contributed by atoms with van der Waals surface area (Å²) in [4.78, 5) is 35.8. The van der Waals surface area contributed by atoms with Crippen LogP contribution in [0.5, 0.6) is 0 Å². The SMILES string of the molecule is C=CCn1c(SCC(=O)[C@@H](C#N)c2nc(C)cs2)nc2scc(-c3ccc(C)cc3)c2c1=O. The molecule has 3 heterocycles. The Bertz CT molecular complexity index is 1440. The maximum Gasteiger partial charge on any atom is 0.263 e. The van der Waals surface area contributed by atoms with Crippen LogP contribution in [0.3, 0.4) is 0 Å². The van der Waals surface area contributed by atoms with Crippen molar-refractivity contribution in [3.63, 3.8) is 0 Å². The molecule has 166 valence electrons. The lowest BCUT2D eigenvalue weighted by molar-refractivity contribution is -0.116. The molecule has 0 saturated heterocycles. The van der Waals surface area contributed by atoms with Gasteiger partial charge in [0.05, 0.1) is 17.2 Å². The van der Waals surface area contributed by atoms with Gasteiger partial charge in [-0.3, -0.25) is 14.2 Å². The number of thiazole rings is 1. The molecule has 3 aromatic heterocycles. The number of thiophene rings is 1. The fraction of sp³-hybridized carbons (Fsp3) is 0.208. The smallest absolute Gasteiger partial charge is 0.263 e. The molecule has 0 unspecified atom stereocenters. The maximum atomic E-state index is 13.4. The van der Waals surface area contributed by atoms with Gasteiger partial charge in [-0.15, -0.1) is 29.3 Å². The highest BCUT2D eigenvalue weighted by Gasteiger charge is 2.24. The summed E-state index contributed by atoms with van der Waals surface area (Å²) in [6.45, 7) is 7.88. The van der Waals surface area contributed by atoms with Crippen LogP contribution in [-0.2, 0) is 11.3 Å². The Morgan fingerprint density at radius 2 is 2.00 bits per heavy atom. The van der Waals surface area contributed by atoms with Crippen LogP contribution in [0.2, 0.25) is 0 Å². The van der Waals surface area contributed by atoms with Crippen molar-refractivity contribution in [2.75, 3.05) is 5.75 Å². The fourth-order valence-corrected chi connectivity index (χ4v) is 6.10. The summed E-state index contributed by atoms with van der Waals surface area (Å²) in [6.07, 6.45) is 1.63. The standard InChI is InChI=1S/C24H20N4O2S3/c1-4-9-28-23(30)20-18(16-7-5-14(2)6-8-16)12-32-22(20)27-24(28)33-13-19(29)17(10-25)21-26-15(3)11-31-21/h4-8,11-12,17H,1,9,13H2,2-3H3/t17-/m1/s1. The number of nitriles is 1. The number of hydrogen-bond donors (Lipinski definition) is 0. The molecule has 0 spiro atoms. The maximum absolute atomic E-state index is 13.4. The molecular weight excluding hydrogens is 472 g/mol. The van der Waals surface area contributed by atoms with Gasteiger partial charge in [-0.1, -0.05) is 47.7 Å². The van der Waals surface area contributed by atoms with Crippen LogP contribution >= 0.6 is 34.4 Å². The molecule has 0 aliphatic rings. The van der Waals surface area contributed by atoms with Crippen molar-refractivity contribution in [3.8, 4) is 17.2 Å². The van der Waals surface area contributed by atoms with Gasteiger partial charge in [0.1, 0.15) is 9.84 Å². The highest BCUT2D eigenvalue weighted by Crippen LogP contribution is 2.33. The number of aromatic nitrogens is 3. The highest BCUT2D eigenvalue weighted by molar-refractivity contribution is 7.99. The first-order chi connectivity index (χ1) is 15.9. The third-order valence-corrected chi connectivity index (χ3v) is 7.91. The number of hydrogen-bond acceptors (Lipinski definition) is 8. The predicted octanol–water partition coefficient (Wildman–Crippen LogP) is 5.35. The van der Waals surface area contributed by atoms with E-state index >= 15 is 0 Å². The van der Waals surface area contributed by atoms with E-state index in [4.69, 9.17) is 4.98 Å². The quantitative estimate of drug-likeness (QED) is 0.187. The van der Waals surface area contributed by atoms with Gasteiger partial charge < -0.3 is 0 Å². The molecule has 4 rings (SSSR count). The van der Waals surface area contributed by atoms with E-state index in [1.54, 1.807) is 6.08 Å². The van der Waals surface area contributed by atoms with Crippen molar-refractivity contribution in [2.45, 2.75) is 31.5 Å². The lowest BCUT2D eigenvalue weighted by Crippen LogP contribution is -2.23. The van der Waals surface area contributed by atoms with Gasteiger partial charge in [-0.2, -0.15) is 5.26 Å². The van der Waals surface area contributed by atoms with E-state index < -0.39 is 5.92 Å². The zero-order valence-electron chi connectivity index (χ0n) is 18.1. The van der Waals surface area contributed by atoms with Crippen LogP contribution in [-0.4, -0.2) is 26.1 Å². The second kappa shape index (κ2) is 9.83. The number of nitrogens with zero attached hydrogens (tertiary/aromatic N) is 4. The Morgan fingerprint density at radius 3 is 2.64 bits per heavy atom. The molecule has 0 N–H and O–H groups in total. The molecule has 0 saturated carbocycles. The van der Waals surface area contributed by atoms with E-state index in [-0.39, 0.29) is 23.6 Å². The topological polar surface area (TPSA) is 88.6 Å². The molecule has 4 aromatic rings. The van der Waals surface area contributed by atoms with Gasteiger partial charge in [-0.05, 0) is 19.4 Å². The van der Waals surface area contributed by atoms with Crippen LogP contribution in [0.4, 0.5) is 0 Å². The Labute approximate surface area is 203 Å². The second-order valence-corrected chi connectivity index (χ2v) is 10.1. The van der Waals surface area contributed by atoms with Crippen LogP contribution in [0.25, 0.3) is 21.3 Å². The summed E-state index contributed by atoms with van der Waals surface area (Å²) in [5, 5.41) is 14.8. The lowest BCUT2D eigenvalue weighted by atomic mass is 10.1. The van der Waals surface area contributed by atoms with E-state index in [9.17, 15) is 14.9 Å². The molecule has 0 radical (unpaired) electrons. The number of thioether (sulfide) groups is 1. The summed E-state index contributed by atoms with van der Waals surface area (Å²) in [7, 11) is 0. The number of benzene rings is 1. The monoisotopic (exact) mass is 492 g/mol. The molecule has 1 aromatic carbocycles. The average Bonchev–Trinajstić information content (AvgIpc) is 3.42. The molecule has 0 fully saturated rings. The Morgan fingerprint density at radius 1 is 1.24 bits per heavy atom. The lowest BCUT2D eigenvalue weighted by Gasteiger charge is -2.11. The summed E-state index contributed by atoms with van der Waals surface area (Å²) in [5.41, 5.74) is 3.57. The molecule has 33 heavy (non-hydrogen) atoms. The number of fused-ring (bicyclic) bond motifs is 1. The first-order valence-corrected chi connectivity index (χ1v) is 12.8. The zero-order chi connectivity index (χ0) is 23.5. The van der Waals surface area contributed by atoms with E-state index in [0.717, 1.165) is 34.1 Å². The van der Waals surface area contributed by atoms with E-state index in [0.29, 0.717) is 20.4 Å². The number of rotatable bonds is 8. The molecular formula is C24H20N4O2S3. The van der Waals surface area contributed by atoms with E-state index in [2.05, 4.69) is 17.6 Å². The van der Waals surface area contributed by atoms with Crippen molar-refractivity contribution in [1.82, 2.24) is 14.5 Å². The third-order valence-electron chi connectivity index (χ3n) is 5.01. The molecule has 9 heteroatoms. The largest absolute Gasteiger partial charge is 0.297 e. The fourth-order valence-electron chi connectivity index (χ4n) is 3.34. The summed E-state index contributed by atoms with van der Waals surface area (Å²) >= 11 is 3.87. The molecule has 0 amide bonds. The molecule has 0 bridgehead atoms. The van der Waals surface area contributed by atoms with Crippen LogP contribution in [0.15, 0.2) is 57.6 Å².